The van der Waals surface area contributed by atoms with Gasteiger partial charge in [-0.3, -0.25) is 4.79 Å². The van der Waals surface area contributed by atoms with E-state index in [1.54, 1.807) is 0 Å². The molecule has 0 aliphatic carbocycles. The van der Waals surface area contributed by atoms with Crippen molar-refractivity contribution in [1.29, 1.82) is 0 Å². The van der Waals surface area contributed by atoms with Crippen molar-refractivity contribution in [2.75, 3.05) is 6.61 Å². The maximum Gasteiger partial charge on any atom is 0.268 e. The van der Waals surface area contributed by atoms with Gasteiger partial charge in [-0.05, 0) is 38.8 Å². The van der Waals surface area contributed by atoms with Crippen molar-refractivity contribution < 1.29 is 14.3 Å². The van der Waals surface area contributed by atoms with Crippen LogP contribution in [0.3, 0.4) is 0 Å². The van der Waals surface area contributed by atoms with Crippen LogP contribution in [0.4, 0.5) is 0 Å². The normalized spacial score (nSPS) is 28.7. The van der Waals surface area contributed by atoms with E-state index in [4.69, 9.17) is 9.47 Å². The fourth-order valence-corrected chi connectivity index (χ4v) is 3.77. The van der Waals surface area contributed by atoms with E-state index in [0.717, 1.165) is 18.6 Å². The summed E-state index contributed by atoms with van der Waals surface area (Å²) in [6.07, 6.45) is 1.55. The molecule has 0 radical (unpaired) electrons. The highest BCUT2D eigenvalue weighted by atomic mass is 16.5. The number of hydrogen-bond acceptors (Lipinski definition) is 3. The molecule has 0 bridgehead atoms. The van der Waals surface area contributed by atoms with Crippen LogP contribution in [0.25, 0.3) is 0 Å². The lowest BCUT2D eigenvalue weighted by Crippen LogP contribution is -2.80. The molecule has 2 atom stereocenters. The number of rotatable bonds is 4. The first-order valence-corrected chi connectivity index (χ1v) is 8.14. The Balaban J connectivity index is 1.90. The fourth-order valence-electron chi connectivity index (χ4n) is 3.77. The second-order valence-electron chi connectivity index (χ2n) is 6.81. The number of amides is 1. The topological polar surface area (TPSA) is 38.8 Å². The summed E-state index contributed by atoms with van der Waals surface area (Å²) in [5.41, 5.74) is -0.574. The Morgan fingerprint density at radius 1 is 1.23 bits per heavy atom. The summed E-state index contributed by atoms with van der Waals surface area (Å²) in [5, 5.41) is 0. The predicted octanol–water partition coefficient (Wildman–Crippen LogP) is 3.22. The summed E-state index contributed by atoms with van der Waals surface area (Å²) < 4.78 is 12.1. The first kappa shape index (κ1) is 15.3. The van der Waals surface area contributed by atoms with Gasteiger partial charge in [0.2, 0.25) is 0 Å². The Morgan fingerprint density at radius 2 is 1.86 bits per heavy atom. The van der Waals surface area contributed by atoms with Gasteiger partial charge in [0.1, 0.15) is 11.5 Å². The third kappa shape index (κ3) is 2.12. The van der Waals surface area contributed by atoms with Gasteiger partial charge in [0, 0.05) is 5.41 Å². The highest BCUT2D eigenvalue weighted by Crippen LogP contribution is 2.50. The molecule has 4 heteroatoms. The Morgan fingerprint density at radius 3 is 2.45 bits per heavy atom. The van der Waals surface area contributed by atoms with Gasteiger partial charge in [0.05, 0.1) is 12.6 Å². The highest BCUT2D eigenvalue weighted by Gasteiger charge is 2.65. The number of β-lactam (4-membered cyclic amide) rings is 1. The van der Waals surface area contributed by atoms with Gasteiger partial charge in [-0.25, -0.2) is 0 Å². The fraction of sp³-hybridized carbons (Fsp3) is 0.611. The summed E-state index contributed by atoms with van der Waals surface area (Å²) in [4.78, 5) is 14.5. The van der Waals surface area contributed by atoms with Crippen molar-refractivity contribution >= 4 is 5.91 Å². The molecule has 0 unspecified atom stereocenters. The Bertz CT molecular complexity index is 551. The van der Waals surface area contributed by atoms with Crippen molar-refractivity contribution in [1.82, 2.24) is 4.90 Å². The zero-order chi connectivity index (χ0) is 16.0. The van der Waals surface area contributed by atoms with Crippen LogP contribution in [-0.2, 0) is 9.53 Å². The number of nitrogens with zero attached hydrogens (tertiary/aromatic N) is 1. The van der Waals surface area contributed by atoms with Gasteiger partial charge >= 0.3 is 0 Å². The van der Waals surface area contributed by atoms with Crippen LogP contribution in [0.1, 0.15) is 40.5 Å². The second kappa shape index (κ2) is 5.27. The van der Waals surface area contributed by atoms with Crippen LogP contribution in [0.15, 0.2) is 30.3 Å². The van der Waals surface area contributed by atoms with E-state index >= 15 is 0 Å². The number of carbonyl (C=O) groups is 1. The number of fused-ring (bicyclic) bond motifs is 1. The molecule has 1 aromatic carbocycles. The standard InChI is InChI=1S/C18H25NO3/c1-5-18(6-2)12-21-17(3,4)19-15(18)14(16(19)20)22-13-10-8-7-9-11-13/h7-11,14-15H,5-6,12H2,1-4H3/t14-,15+/m0/s1. The summed E-state index contributed by atoms with van der Waals surface area (Å²) in [7, 11) is 0. The number of ether oxygens (including phenoxy) is 2. The number of benzene rings is 1. The predicted molar refractivity (Wildman–Crippen MR) is 84.5 cm³/mol. The van der Waals surface area contributed by atoms with Crippen molar-refractivity contribution in [3.05, 3.63) is 30.3 Å². The third-order valence-electron chi connectivity index (χ3n) is 5.38. The summed E-state index contributed by atoms with van der Waals surface area (Å²) in [6, 6.07) is 9.69. The molecule has 3 rings (SSSR count). The molecule has 120 valence electrons. The Hall–Kier alpha value is -1.55. The van der Waals surface area contributed by atoms with E-state index in [-0.39, 0.29) is 17.4 Å². The maximum atomic E-state index is 12.7. The molecule has 0 N–H and O–H groups in total. The molecule has 2 aliphatic heterocycles. The maximum absolute atomic E-state index is 12.7. The minimum Gasteiger partial charge on any atom is -0.478 e. The number of hydrogen-bond donors (Lipinski definition) is 0. The molecule has 2 saturated heterocycles. The monoisotopic (exact) mass is 303 g/mol. The minimum atomic E-state index is -0.549. The van der Waals surface area contributed by atoms with Crippen LogP contribution < -0.4 is 4.74 Å². The zero-order valence-corrected chi connectivity index (χ0v) is 13.8. The van der Waals surface area contributed by atoms with Crippen LogP contribution in [0.5, 0.6) is 5.75 Å². The van der Waals surface area contributed by atoms with E-state index in [1.165, 1.54) is 0 Å². The molecule has 2 aliphatic rings. The van der Waals surface area contributed by atoms with Gasteiger partial charge in [-0.15, -0.1) is 0 Å². The Labute approximate surface area is 132 Å². The average molecular weight is 303 g/mol. The highest BCUT2D eigenvalue weighted by molar-refractivity contribution is 5.90. The van der Waals surface area contributed by atoms with Gasteiger partial charge in [0.25, 0.3) is 5.91 Å². The SMILES string of the molecule is CCC1(CC)COC(C)(C)N2C(=O)[C@@H](Oc3ccccc3)[C@@H]21. The van der Waals surface area contributed by atoms with E-state index in [1.807, 2.05) is 49.1 Å². The molecule has 0 spiro atoms. The molecule has 1 amide bonds. The summed E-state index contributed by atoms with van der Waals surface area (Å²) in [6.45, 7) is 8.95. The first-order valence-electron chi connectivity index (χ1n) is 8.14. The number of carbonyl (C=O) groups excluding carboxylic acids is 1. The molecule has 0 saturated carbocycles. The van der Waals surface area contributed by atoms with Crippen LogP contribution >= 0.6 is 0 Å². The lowest BCUT2D eigenvalue weighted by Gasteiger charge is -2.63. The van der Waals surface area contributed by atoms with Crippen molar-refractivity contribution in [2.45, 2.75) is 58.4 Å². The van der Waals surface area contributed by atoms with Crippen molar-refractivity contribution in [3.63, 3.8) is 0 Å². The van der Waals surface area contributed by atoms with Crippen LogP contribution in [0, 0.1) is 5.41 Å². The van der Waals surface area contributed by atoms with Crippen molar-refractivity contribution in [2.24, 2.45) is 5.41 Å². The third-order valence-corrected chi connectivity index (χ3v) is 5.38. The molecule has 2 heterocycles. The van der Waals surface area contributed by atoms with Gasteiger partial charge < -0.3 is 14.4 Å². The quantitative estimate of drug-likeness (QED) is 0.802. The number of para-hydroxylation sites is 1. The van der Waals surface area contributed by atoms with Crippen LogP contribution in [0.2, 0.25) is 0 Å². The lowest BCUT2D eigenvalue weighted by atomic mass is 9.67. The molecule has 1 aromatic rings. The summed E-state index contributed by atoms with van der Waals surface area (Å²) >= 11 is 0. The van der Waals surface area contributed by atoms with E-state index in [0.29, 0.717) is 6.61 Å². The van der Waals surface area contributed by atoms with Crippen molar-refractivity contribution in [3.8, 4) is 5.75 Å². The Kier molecular flexibility index (Phi) is 3.68. The first-order chi connectivity index (χ1) is 10.4. The average Bonchev–Trinajstić information content (AvgIpc) is 2.53. The summed E-state index contributed by atoms with van der Waals surface area (Å²) in [5.74, 6) is 0.788. The molecule has 0 aromatic heterocycles. The lowest BCUT2D eigenvalue weighted by molar-refractivity contribution is -0.279. The van der Waals surface area contributed by atoms with Gasteiger partial charge in [-0.2, -0.15) is 0 Å². The molecule has 4 nitrogen and oxygen atoms in total. The largest absolute Gasteiger partial charge is 0.478 e. The smallest absolute Gasteiger partial charge is 0.268 e. The van der Waals surface area contributed by atoms with Gasteiger partial charge in [-0.1, -0.05) is 32.0 Å². The molecule has 2 fully saturated rings. The second-order valence-corrected chi connectivity index (χ2v) is 6.81. The van der Waals surface area contributed by atoms with E-state index in [9.17, 15) is 4.79 Å². The molecular formula is C18H25NO3. The van der Waals surface area contributed by atoms with Crippen LogP contribution in [-0.4, -0.2) is 35.3 Å². The molecular weight excluding hydrogens is 278 g/mol. The van der Waals surface area contributed by atoms with E-state index < -0.39 is 11.8 Å². The molecule has 22 heavy (non-hydrogen) atoms. The van der Waals surface area contributed by atoms with E-state index in [2.05, 4.69) is 13.8 Å². The zero-order valence-electron chi connectivity index (χ0n) is 13.8. The van der Waals surface area contributed by atoms with Gasteiger partial charge in [0.15, 0.2) is 6.10 Å². The minimum absolute atomic E-state index is 0.0249.